The van der Waals surface area contributed by atoms with Crippen molar-refractivity contribution in [2.24, 2.45) is 0 Å². The van der Waals surface area contributed by atoms with Crippen LogP contribution in [0.5, 0.6) is 0 Å². The molecule has 15 heavy (non-hydrogen) atoms. The highest BCUT2D eigenvalue weighted by molar-refractivity contribution is 6.29. The summed E-state index contributed by atoms with van der Waals surface area (Å²) >= 11 is 5.71. The molecule has 2 rings (SSSR count). The predicted molar refractivity (Wildman–Crippen MR) is 60.0 cm³/mol. The van der Waals surface area contributed by atoms with Gasteiger partial charge in [0.1, 0.15) is 5.15 Å². The highest BCUT2D eigenvalue weighted by atomic mass is 35.5. The second kappa shape index (κ2) is 6.77. The van der Waals surface area contributed by atoms with Crippen LogP contribution in [-0.2, 0) is 17.8 Å². The van der Waals surface area contributed by atoms with Crippen LogP contribution in [0.4, 0.5) is 0 Å². The van der Waals surface area contributed by atoms with Gasteiger partial charge < -0.3 is 9.84 Å². The van der Waals surface area contributed by atoms with Crippen molar-refractivity contribution < 1.29 is 9.84 Å². The molecule has 0 aliphatic carbocycles. The zero-order chi connectivity index (χ0) is 11.1. The molecule has 0 fully saturated rings. The van der Waals surface area contributed by atoms with E-state index in [4.69, 9.17) is 21.4 Å². The van der Waals surface area contributed by atoms with Gasteiger partial charge in [-0.1, -0.05) is 24.6 Å². The van der Waals surface area contributed by atoms with Crippen molar-refractivity contribution in [2.75, 3.05) is 13.2 Å². The smallest absolute Gasteiger partial charge is 0.129 e. The number of hydrogen-bond donors (Lipinski definition) is 1. The van der Waals surface area contributed by atoms with Crippen LogP contribution in [0.15, 0.2) is 12.1 Å². The molecule has 84 valence electrons. The minimum Gasteiger partial charge on any atom is -0.396 e. The van der Waals surface area contributed by atoms with Gasteiger partial charge in [0.15, 0.2) is 0 Å². The zero-order valence-corrected chi connectivity index (χ0v) is 9.63. The van der Waals surface area contributed by atoms with Gasteiger partial charge in [0.05, 0.1) is 18.9 Å². The van der Waals surface area contributed by atoms with Gasteiger partial charge in [0.25, 0.3) is 0 Å². The Hall–Kier alpha value is -0.640. The number of pyridine rings is 1. The van der Waals surface area contributed by atoms with Gasteiger partial charge >= 0.3 is 0 Å². The van der Waals surface area contributed by atoms with Crippen LogP contribution in [0.2, 0.25) is 5.15 Å². The summed E-state index contributed by atoms with van der Waals surface area (Å²) in [6, 6.07) is 3.85. The van der Waals surface area contributed by atoms with Crippen molar-refractivity contribution in [1.29, 1.82) is 0 Å². The minimum absolute atomic E-state index is 0.319. The van der Waals surface area contributed by atoms with Gasteiger partial charge in [0, 0.05) is 6.61 Å². The number of aromatic nitrogens is 1. The van der Waals surface area contributed by atoms with Crippen molar-refractivity contribution >= 4 is 11.6 Å². The lowest BCUT2D eigenvalue weighted by Crippen LogP contribution is -2.11. The van der Waals surface area contributed by atoms with E-state index in [1.54, 1.807) is 0 Å². The van der Waals surface area contributed by atoms with Crippen LogP contribution < -0.4 is 0 Å². The van der Waals surface area contributed by atoms with Crippen LogP contribution in [0.3, 0.4) is 0 Å². The van der Waals surface area contributed by atoms with Gasteiger partial charge in [-0.2, -0.15) is 0 Å². The van der Waals surface area contributed by atoms with E-state index in [0.717, 1.165) is 25.1 Å². The second-order valence-electron chi connectivity index (χ2n) is 3.27. The summed E-state index contributed by atoms with van der Waals surface area (Å²) in [4.78, 5) is 4.15. The lowest BCUT2D eigenvalue weighted by atomic mass is 10.1. The summed E-state index contributed by atoms with van der Waals surface area (Å²) in [7, 11) is 0. The van der Waals surface area contributed by atoms with Crippen molar-refractivity contribution in [3.05, 3.63) is 28.5 Å². The molecular weight excluding hydrogens is 214 g/mol. The molecule has 2 heterocycles. The van der Waals surface area contributed by atoms with Gasteiger partial charge in [-0.3, -0.25) is 0 Å². The Morgan fingerprint density at radius 1 is 1.53 bits per heavy atom. The molecule has 0 bridgehead atoms. The molecule has 0 aromatic carbocycles. The Morgan fingerprint density at radius 2 is 2.27 bits per heavy atom. The van der Waals surface area contributed by atoms with E-state index in [9.17, 15) is 0 Å². The molecule has 4 heteroatoms. The first-order valence-electron chi connectivity index (χ1n) is 5.10. The number of rotatable bonds is 1. The van der Waals surface area contributed by atoms with E-state index >= 15 is 0 Å². The van der Waals surface area contributed by atoms with E-state index in [2.05, 4.69) is 4.98 Å². The molecule has 3 nitrogen and oxygen atoms in total. The summed E-state index contributed by atoms with van der Waals surface area (Å²) in [6.07, 6.45) is 1.83. The fourth-order valence-electron chi connectivity index (χ4n) is 1.21. The Kier molecular flexibility index (Phi) is 5.61. The number of hydrogen-bond acceptors (Lipinski definition) is 3. The number of nitrogens with zero attached hydrogens (tertiary/aromatic N) is 1. The quantitative estimate of drug-likeness (QED) is 0.751. The largest absolute Gasteiger partial charge is 0.396 e. The molecule has 1 aliphatic heterocycles. The third kappa shape index (κ3) is 4.16. The standard InChI is InChI=1S/C8H8ClNO.C3H8O/c9-8-2-1-6-3-4-11-5-7(6)10-8;1-2-3-4/h1-2H,3-5H2;4H,2-3H2,1H3. The monoisotopic (exact) mass is 229 g/mol. The molecule has 1 N–H and O–H groups in total. The number of ether oxygens (including phenoxy) is 1. The third-order valence-electron chi connectivity index (χ3n) is 2.01. The average molecular weight is 230 g/mol. The topological polar surface area (TPSA) is 42.4 Å². The van der Waals surface area contributed by atoms with E-state index in [1.807, 2.05) is 19.1 Å². The lowest BCUT2D eigenvalue weighted by molar-refractivity contribution is 0.107. The summed E-state index contributed by atoms with van der Waals surface area (Å²) in [5.74, 6) is 0. The summed E-state index contributed by atoms with van der Waals surface area (Å²) in [6.45, 7) is 3.66. The summed E-state index contributed by atoms with van der Waals surface area (Å²) in [5, 5.41) is 8.43. The van der Waals surface area contributed by atoms with Crippen LogP contribution in [0, 0.1) is 0 Å². The first-order valence-corrected chi connectivity index (χ1v) is 5.48. The van der Waals surface area contributed by atoms with Crippen molar-refractivity contribution in [3.8, 4) is 0 Å². The zero-order valence-electron chi connectivity index (χ0n) is 8.87. The van der Waals surface area contributed by atoms with Crippen LogP contribution in [-0.4, -0.2) is 23.3 Å². The maximum Gasteiger partial charge on any atom is 0.129 e. The predicted octanol–water partition coefficient (Wildman–Crippen LogP) is 2.20. The molecule has 0 atom stereocenters. The Morgan fingerprint density at radius 3 is 2.93 bits per heavy atom. The molecule has 0 radical (unpaired) electrons. The maximum atomic E-state index is 7.88. The SMILES string of the molecule is CCCO.Clc1ccc2c(n1)COCC2. The Balaban J connectivity index is 0.000000245. The third-order valence-corrected chi connectivity index (χ3v) is 2.22. The van der Waals surface area contributed by atoms with Gasteiger partial charge in [-0.15, -0.1) is 0 Å². The van der Waals surface area contributed by atoms with E-state index < -0.39 is 0 Å². The van der Waals surface area contributed by atoms with E-state index in [1.165, 1.54) is 5.56 Å². The van der Waals surface area contributed by atoms with Crippen LogP contribution in [0.1, 0.15) is 24.6 Å². The summed E-state index contributed by atoms with van der Waals surface area (Å²) < 4.78 is 5.23. The maximum absolute atomic E-state index is 7.88. The number of halogens is 1. The lowest BCUT2D eigenvalue weighted by Gasteiger charge is -2.14. The number of aliphatic hydroxyl groups excluding tert-OH is 1. The molecule has 0 saturated carbocycles. The summed E-state index contributed by atoms with van der Waals surface area (Å²) in [5.41, 5.74) is 2.25. The van der Waals surface area contributed by atoms with E-state index in [-0.39, 0.29) is 0 Å². The molecule has 1 aromatic heterocycles. The highest BCUT2D eigenvalue weighted by Gasteiger charge is 2.09. The molecule has 1 aliphatic rings. The van der Waals surface area contributed by atoms with Crippen LogP contribution in [0.25, 0.3) is 0 Å². The first-order chi connectivity index (χ1) is 7.27. The Labute approximate surface area is 95.1 Å². The molecule has 0 amide bonds. The van der Waals surface area contributed by atoms with E-state index in [0.29, 0.717) is 18.4 Å². The molecule has 0 spiro atoms. The van der Waals surface area contributed by atoms with Gasteiger partial charge in [-0.25, -0.2) is 4.98 Å². The van der Waals surface area contributed by atoms with Crippen molar-refractivity contribution in [3.63, 3.8) is 0 Å². The minimum atomic E-state index is 0.319. The normalized spacial score (nSPS) is 13.8. The van der Waals surface area contributed by atoms with Gasteiger partial charge in [-0.05, 0) is 24.5 Å². The average Bonchev–Trinajstić information content (AvgIpc) is 2.29. The molecule has 0 saturated heterocycles. The number of aliphatic hydroxyl groups is 1. The fraction of sp³-hybridized carbons (Fsp3) is 0.545. The Bertz CT molecular complexity index is 303. The highest BCUT2D eigenvalue weighted by Crippen LogP contribution is 2.16. The van der Waals surface area contributed by atoms with Crippen LogP contribution >= 0.6 is 11.6 Å². The fourth-order valence-corrected chi connectivity index (χ4v) is 1.37. The number of fused-ring (bicyclic) bond motifs is 1. The van der Waals surface area contributed by atoms with Crippen molar-refractivity contribution in [2.45, 2.75) is 26.4 Å². The molecule has 0 unspecified atom stereocenters. The first kappa shape index (κ1) is 12.4. The van der Waals surface area contributed by atoms with Crippen molar-refractivity contribution in [1.82, 2.24) is 4.98 Å². The molecule has 1 aromatic rings. The molecular formula is C11H16ClNO2. The second-order valence-corrected chi connectivity index (χ2v) is 3.65. The van der Waals surface area contributed by atoms with Gasteiger partial charge in [0.2, 0.25) is 0 Å².